The van der Waals surface area contributed by atoms with Crippen molar-refractivity contribution in [3.8, 4) is 22.3 Å². The van der Waals surface area contributed by atoms with Gasteiger partial charge in [-0.15, -0.1) is 0 Å². The molecule has 1 amide bonds. The maximum atomic E-state index is 14.2. The Kier molecular flexibility index (Phi) is 3.89. The van der Waals surface area contributed by atoms with Gasteiger partial charge in [-0.05, 0) is 35.2 Å². The number of nitrogens with zero attached hydrogens (tertiary/aromatic N) is 3. The second kappa shape index (κ2) is 6.18. The molecular formula is C22H18F3N3O2. The normalized spacial score (nSPS) is 20.0. The summed E-state index contributed by atoms with van der Waals surface area (Å²) >= 11 is 0. The first-order valence-electron chi connectivity index (χ1n) is 9.57. The van der Waals surface area contributed by atoms with Crippen molar-refractivity contribution in [1.29, 1.82) is 0 Å². The lowest BCUT2D eigenvalue weighted by Crippen LogP contribution is -2.43. The first kappa shape index (κ1) is 18.9. The molecule has 1 unspecified atom stereocenters. The largest absolute Gasteiger partial charge is 0.425 e. The number of aliphatic hydroxyl groups is 1. The minimum atomic E-state index is -4.96. The fourth-order valence-electron chi connectivity index (χ4n) is 4.30. The molecule has 154 valence electrons. The first-order valence-corrected chi connectivity index (χ1v) is 9.57. The van der Waals surface area contributed by atoms with Crippen LogP contribution in [0.2, 0.25) is 0 Å². The highest BCUT2D eigenvalue weighted by atomic mass is 19.4. The second-order valence-electron chi connectivity index (χ2n) is 7.75. The number of aromatic nitrogens is 2. The summed E-state index contributed by atoms with van der Waals surface area (Å²) < 4.78 is 44.3. The van der Waals surface area contributed by atoms with Crippen LogP contribution in [-0.2, 0) is 12.6 Å². The van der Waals surface area contributed by atoms with Crippen LogP contribution in [0.1, 0.15) is 27.9 Å². The lowest BCUT2D eigenvalue weighted by Gasteiger charge is -2.32. The maximum absolute atomic E-state index is 14.2. The highest BCUT2D eigenvalue weighted by Gasteiger charge is 2.61. The highest BCUT2D eigenvalue weighted by molar-refractivity contribution is 6.01. The zero-order valence-electron chi connectivity index (χ0n) is 16.1. The molecule has 30 heavy (non-hydrogen) atoms. The Morgan fingerprint density at radius 1 is 1.13 bits per heavy atom. The summed E-state index contributed by atoms with van der Waals surface area (Å²) in [7, 11) is 1.71. The first-order chi connectivity index (χ1) is 14.2. The van der Waals surface area contributed by atoms with E-state index >= 15 is 0 Å². The van der Waals surface area contributed by atoms with E-state index in [1.165, 1.54) is 18.2 Å². The van der Waals surface area contributed by atoms with Crippen molar-refractivity contribution in [3.63, 3.8) is 0 Å². The van der Waals surface area contributed by atoms with Gasteiger partial charge in [0.25, 0.3) is 5.91 Å². The molecule has 1 aliphatic carbocycles. The Hall–Kier alpha value is -3.13. The number of carbonyl (C=O) groups excluding carboxylic acids is 1. The standard InChI is InChI=1S/C22H18F3N3O2/c1-27-12-14(11-26-27)16-9-13(20(29)28-7-4-8-28)10-18-19(16)15-5-2-3-6-17(15)21(18,30)22(23,24)25/h2-3,5-6,9-12,30H,4,7-8H2,1H3. The molecule has 5 rings (SSSR count). The number of amides is 1. The molecule has 1 saturated heterocycles. The molecule has 2 aromatic carbocycles. The summed E-state index contributed by atoms with van der Waals surface area (Å²) in [5.41, 5.74) is -2.02. The van der Waals surface area contributed by atoms with Crippen LogP contribution in [0.15, 0.2) is 48.8 Å². The number of alkyl halides is 3. The molecule has 0 saturated carbocycles. The fourth-order valence-corrected chi connectivity index (χ4v) is 4.30. The van der Waals surface area contributed by atoms with E-state index in [0.717, 1.165) is 6.42 Å². The zero-order chi connectivity index (χ0) is 21.3. The number of carbonyl (C=O) groups is 1. The third-order valence-electron chi connectivity index (χ3n) is 5.93. The molecule has 0 bridgehead atoms. The highest BCUT2D eigenvalue weighted by Crippen LogP contribution is 2.57. The molecule has 1 aliphatic heterocycles. The van der Waals surface area contributed by atoms with Gasteiger partial charge in [-0.25, -0.2) is 0 Å². The number of rotatable bonds is 2. The van der Waals surface area contributed by atoms with Crippen molar-refractivity contribution in [3.05, 3.63) is 65.5 Å². The zero-order valence-corrected chi connectivity index (χ0v) is 16.1. The molecule has 1 fully saturated rings. The average Bonchev–Trinajstić information content (AvgIpc) is 3.20. The molecule has 5 nitrogen and oxygen atoms in total. The predicted octanol–water partition coefficient (Wildman–Crippen LogP) is 3.71. The van der Waals surface area contributed by atoms with Gasteiger partial charge < -0.3 is 10.0 Å². The Morgan fingerprint density at radius 2 is 1.87 bits per heavy atom. The molecule has 3 aromatic rings. The monoisotopic (exact) mass is 413 g/mol. The summed E-state index contributed by atoms with van der Waals surface area (Å²) in [6.07, 6.45) is -0.870. The number of halogens is 3. The van der Waals surface area contributed by atoms with E-state index in [-0.39, 0.29) is 28.2 Å². The Labute approximate surface area is 170 Å². The van der Waals surface area contributed by atoms with Gasteiger partial charge in [0.1, 0.15) is 0 Å². The maximum Gasteiger partial charge on any atom is 0.425 e. The quantitative estimate of drug-likeness (QED) is 0.697. The van der Waals surface area contributed by atoms with Crippen LogP contribution in [0, 0.1) is 0 Å². The summed E-state index contributed by atoms with van der Waals surface area (Å²) in [5, 5.41) is 15.2. The van der Waals surface area contributed by atoms with Crippen molar-refractivity contribution in [2.45, 2.75) is 18.2 Å². The number of aryl methyl sites for hydroxylation is 1. The molecule has 0 spiro atoms. The molecule has 2 aliphatic rings. The van der Waals surface area contributed by atoms with Crippen molar-refractivity contribution in [1.82, 2.24) is 14.7 Å². The number of hydrogen-bond acceptors (Lipinski definition) is 3. The topological polar surface area (TPSA) is 58.4 Å². The van der Waals surface area contributed by atoms with Gasteiger partial charge >= 0.3 is 6.18 Å². The molecule has 0 radical (unpaired) electrons. The summed E-state index contributed by atoms with van der Waals surface area (Å²) in [5.74, 6) is -0.338. The molecule has 1 aromatic heterocycles. The van der Waals surface area contributed by atoms with Crippen LogP contribution in [0.4, 0.5) is 13.2 Å². The van der Waals surface area contributed by atoms with Crippen molar-refractivity contribution < 1.29 is 23.1 Å². The van der Waals surface area contributed by atoms with Gasteiger partial charge in [0.2, 0.25) is 5.60 Å². The van der Waals surface area contributed by atoms with Crippen molar-refractivity contribution in [2.75, 3.05) is 13.1 Å². The van der Waals surface area contributed by atoms with E-state index in [2.05, 4.69) is 5.10 Å². The van der Waals surface area contributed by atoms with Crippen LogP contribution in [0.5, 0.6) is 0 Å². The average molecular weight is 413 g/mol. The number of likely N-dealkylation sites (tertiary alicyclic amines) is 1. The van der Waals surface area contributed by atoms with Crippen LogP contribution < -0.4 is 0 Å². The van der Waals surface area contributed by atoms with Crippen LogP contribution in [-0.4, -0.2) is 45.0 Å². The van der Waals surface area contributed by atoms with Gasteiger partial charge in [0, 0.05) is 48.6 Å². The van der Waals surface area contributed by atoms with Gasteiger partial charge in [0.15, 0.2) is 0 Å². The molecule has 1 atom stereocenters. The second-order valence-corrected chi connectivity index (χ2v) is 7.75. The van der Waals surface area contributed by atoms with Gasteiger partial charge in [0.05, 0.1) is 6.20 Å². The fraction of sp³-hybridized carbons (Fsp3) is 0.273. The summed E-state index contributed by atoms with van der Waals surface area (Å²) in [4.78, 5) is 14.5. The molecule has 8 heteroatoms. The van der Waals surface area contributed by atoms with E-state index in [0.29, 0.717) is 29.8 Å². The van der Waals surface area contributed by atoms with Crippen LogP contribution >= 0.6 is 0 Å². The Bertz CT molecular complexity index is 1180. The lowest BCUT2D eigenvalue weighted by molar-refractivity contribution is -0.246. The SMILES string of the molecule is Cn1cc(-c2cc(C(=O)N3CCC3)cc3c2-c2ccccc2C3(O)C(F)(F)F)cn1. The van der Waals surface area contributed by atoms with Gasteiger partial charge in [-0.2, -0.15) is 18.3 Å². The van der Waals surface area contributed by atoms with Crippen molar-refractivity contribution >= 4 is 5.91 Å². The third-order valence-corrected chi connectivity index (χ3v) is 5.93. The van der Waals surface area contributed by atoms with Crippen LogP contribution in [0.3, 0.4) is 0 Å². The smallest absolute Gasteiger partial charge is 0.372 e. The third kappa shape index (κ3) is 2.46. The number of benzene rings is 2. The van der Waals surface area contributed by atoms with E-state index in [9.17, 15) is 23.1 Å². The lowest BCUT2D eigenvalue weighted by atomic mass is 9.87. The van der Waals surface area contributed by atoms with E-state index in [4.69, 9.17) is 0 Å². The van der Waals surface area contributed by atoms with E-state index in [1.54, 1.807) is 47.2 Å². The predicted molar refractivity (Wildman–Crippen MR) is 104 cm³/mol. The number of hydrogen-bond donors (Lipinski definition) is 1. The van der Waals surface area contributed by atoms with E-state index in [1.807, 2.05) is 0 Å². The number of fused-ring (bicyclic) bond motifs is 3. The summed E-state index contributed by atoms with van der Waals surface area (Å²) in [6, 6.07) is 8.76. The Balaban J connectivity index is 1.85. The summed E-state index contributed by atoms with van der Waals surface area (Å²) in [6.45, 7) is 1.14. The molecule has 2 heterocycles. The van der Waals surface area contributed by atoms with E-state index < -0.39 is 11.8 Å². The van der Waals surface area contributed by atoms with Crippen LogP contribution in [0.25, 0.3) is 22.3 Å². The minimum absolute atomic E-state index is 0.128. The minimum Gasteiger partial charge on any atom is -0.372 e. The van der Waals surface area contributed by atoms with Crippen molar-refractivity contribution in [2.24, 2.45) is 7.05 Å². The van der Waals surface area contributed by atoms with Gasteiger partial charge in [-0.1, -0.05) is 24.3 Å². The van der Waals surface area contributed by atoms with Gasteiger partial charge in [-0.3, -0.25) is 9.48 Å². The Morgan fingerprint density at radius 3 is 2.47 bits per heavy atom. The molecule has 1 N–H and O–H groups in total. The molecular weight excluding hydrogens is 395 g/mol.